The van der Waals surface area contributed by atoms with E-state index in [4.69, 9.17) is 5.11 Å². The summed E-state index contributed by atoms with van der Waals surface area (Å²) in [5, 5.41) is 16.2. The van der Waals surface area contributed by atoms with Gasteiger partial charge in [-0.3, -0.25) is 19.2 Å². The molecular weight excluding hydrogens is 378 g/mol. The monoisotopic (exact) mass is 405 g/mol. The van der Waals surface area contributed by atoms with Crippen LogP contribution in [0.15, 0.2) is 30.3 Å². The molecule has 29 heavy (non-hydrogen) atoms. The molecule has 0 bridgehead atoms. The highest BCUT2D eigenvalue weighted by Crippen LogP contribution is 2.20. The molecule has 0 aliphatic heterocycles. The second kappa shape index (κ2) is 10.4. The molecule has 1 aromatic rings. The molecule has 9 heteroatoms. The summed E-state index contributed by atoms with van der Waals surface area (Å²) in [7, 11) is 0. The van der Waals surface area contributed by atoms with E-state index in [0.717, 1.165) is 0 Å². The summed E-state index contributed by atoms with van der Waals surface area (Å²) in [6, 6.07) is 5.22. The van der Waals surface area contributed by atoms with Gasteiger partial charge in [-0.15, -0.1) is 0 Å². The van der Waals surface area contributed by atoms with E-state index in [9.17, 15) is 24.0 Å². The normalized spacial score (nSPS) is 14.1. The van der Waals surface area contributed by atoms with Gasteiger partial charge in [0.25, 0.3) is 5.91 Å². The Labute approximate surface area is 169 Å². The number of rotatable bonds is 9. The van der Waals surface area contributed by atoms with Crippen LogP contribution in [0.25, 0.3) is 0 Å². The van der Waals surface area contributed by atoms with E-state index in [-0.39, 0.29) is 0 Å². The Bertz CT molecular complexity index is 757. The van der Waals surface area contributed by atoms with Crippen LogP contribution in [-0.4, -0.2) is 53.2 Å². The molecule has 0 aliphatic carbocycles. The molecule has 1 rings (SSSR count). The van der Waals surface area contributed by atoms with Gasteiger partial charge in [-0.25, -0.2) is 0 Å². The van der Waals surface area contributed by atoms with Crippen molar-refractivity contribution in [1.29, 1.82) is 0 Å². The van der Waals surface area contributed by atoms with Crippen molar-refractivity contribution in [1.82, 2.24) is 16.0 Å². The van der Waals surface area contributed by atoms with Crippen LogP contribution in [0.5, 0.6) is 0 Å². The fourth-order valence-electron chi connectivity index (χ4n) is 2.47. The maximum absolute atomic E-state index is 12.7. The largest absolute Gasteiger partial charge is 0.481 e. The van der Waals surface area contributed by atoms with Gasteiger partial charge in [0.05, 0.1) is 12.5 Å². The third-order valence-electron chi connectivity index (χ3n) is 4.08. The van der Waals surface area contributed by atoms with Crippen LogP contribution in [-0.2, 0) is 19.2 Å². The van der Waals surface area contributed by atoms with Gasteiger partial charge in [0, 0.05) is 5.56 Å². The number of carboxylic acid groups (broad SMARTS) is 1. The first-order valence-corrected chi connectivity index (χ1v) is 9.09. The number of benzene rings is 1. The number of hydrogen-bond donors (Lipinski definition) is 4. The summed E-state index contributed by atoms with van der Waals surface area (Å²) in [4.78, 5) is 59.0. The van der Waals surface area contributed by atoms with Crippen LogP contribution in [0.4, 0.5) is 0 Å². The summed E-state index contributed by atoms with van der Waals surface area (Å²) in [5.41, 5.74) is -0.262. The zero-order chi connectivity index (χ0) is 22.2. The Kier molecular flexibility index (Phi) is 8.50. The molecule has 3 amide bonds. The maximum Gasteiger partial charge on any atom is 0.305 e. The van der Waals surface area contributed by atoms with Gasteiger partial charge in [0.1, 0.15) is 18.4 Å². The molecule has 0 saturated heterocycles. The Hall–Kier alpha value is -3.23. The van der Waals surface area contributed by atoms with Crippen molar-refractivity contribution in [2.24, 2.45) is 5.41 Å². The smallest absolute Gasteiger partial charge is 0.305 e. The van der Waals surface area contributed by atoms with Crippen LogP contribution in [0.3, 0.4) is 0 Å². The molecular formula is C20H27N3O6. The second-order valence-electron chi connectivity index (χ2n) is 7.72. The highest BCUT2D eigenvalue weighted by Gasteiger charge is 2.34. The van der Waals surface area contributed by atoms with Gasteiger partial charge in [-0.05, 0) is 24.5 Å². The minimum Gasteiger partial charge on any atom is -0.481 e. The van der Waals surface area contributed by atoms with E-state index in [1.54, 1.807) is 51.1 Å². The number of aldehydes is 1. The van der Waals surface area contributed by atoms with Crippen LogP contribution < -0.4 is 16.0 Å². The fraction of sp³-hybridized carbons (Fsp3) is 0.450. The highest BCUT2D eigenvalue weighted by molar-refractivity contribution is 5.98. The van der Waals surface area contributed by atoms with E-state index in [2.05, 4.69) is 16.0 Å². The molecule has 0 unspecified atom stereocenters. The van der Waals surface area contributed by atoms with E-state index in [1.807, 2.05) is 0 Å². The first-order valence-electron chi connectivity index (χ1n) is 9.09. The number of carbonyl (C=O) groups excluding carboxylic acids is 4. The van der Waals surface area contributed by atoms with Crippen molar-refractivity contribution in [3.8, 4) is 0 Å². The molecule has 3 atom stereocenters. The van der Waals surface area contributed by atoms with Crippen LogP contribution in [0.2, 0.25) is 0 Å². The van der Waals surface area contributed by atoms with Gasteiger partial charge in [-0.1, -0.05) is 39.0 Å². The van der Waals surface area contributed by atoms with Crippen molar-refractivity contribution in [3.63, 3.8) is 0 Å². The minimum absolute atomic E-state index is 0.318. The molecule has 0 fully saturated rings. The number of aliphatic carboxylic acids is 1. The topological polar surface area (TPSA) is 142 Å². The summed E-state index contributed by atoms with van der Waals surface area (Å²) >= 11 is 0. The number of nitrogens with one attached hydrogen (secondary N) is 3. The van der Waals surface area contributed by atoms with Crippen molar-refractivity contribution in [2.45, 2.75) is 52.2 Å². The molecule has 9 nitrogen and oxygen atoms in total. The average molecular weight is 405 g/mol. The molecule has 1 aromatic carbocycles. The zero-order valence-corrected chi connectivity index (χ0v) is 16.9. The van der Waals surface area contributed by atoms with Crippen LogP contribution in [0.1, 0.15) is 44.5 Å². The number of amides is 3. The van der Waals surface area contributed by atoms with E-state index < -0.39 is 53.7 Å². The predicted octanol–water partition coefficient (Wildman–Crippen LogP) is 0.494. The summed E-state index contributed by atoms with van der Waals surface area (Å²) in [6.07, 6.45) is -0.244. The predicted molar refractivity (Wildman–Crippen MR) is 105 cm³/mol. The number of hydrogen-bond acceptors (Lipinski definition) is 5. The van der Waals surface area contributed by atoms with Crippen LogP contribution in [0, 0.1) is 5.41 Å². The third-order valence-corrected chi connectivity index (χ3v) is 4.08. The Morgan fingerprint density at radius 3 is 2.07 bits per heavy atom. The summed E-state index contributed by atoms with van der Waals surface area (Å²) in [6.45, 7) is 6.70. The number of carbonyl (C=O) groups is 5. The lowest BCUT2D eigenvalue weighted by Crippen LogP contribution is -2.57. The SMILES string of the molecule is C[C@H](NC(=O)[C@@H](NC(=O)c1ccccc1)C(C)(C)C)C(=O)N[C@H](C=O)CC(=O)O. The summed E-state index contributed by atoms with van der Waals surface area (Å²) in [5.74, 6) is -2.96. The van der Waals surface area contributed by atoms with Gasteiger partial charge in [-0.2, -0.15) is 0 Å². The maximum atomic E-state index is 12.7. The molecule has 0 aromatic heterocycles. The third kappa shape index (κ3) is 7.73. The van der Waals surface area contributed by atoms with Gasteiger partial charge >= 0.3 is 5.97 Å². The summed E-state index contributed by atoms with van der Waals surface area (Å²) < 4.78 is 0. The van der Waals surface area contributed by atoms with Crippen molar-refractivity contribution < 1.29 is 29.1 Å². The fourth-order valence-corrected chi connectivity index (χ4v) is 2.47. The lowest BCUT2D eigenvalue weighted by Gasteiger charge is -2.31. The highest BCUT2D eigenvalue weighted by atomic mass is 16.4. The Morgan fingerprint density at radius 1 is 1.00 bits per heavy atom. The van der Waals surface area contributed by atoms with Gasteiger partial charge < -0.3 is 25.9 Å². The Morgan fingerprint density at radius 2 is 1.59 bits per heavy atom. The van der Waals surface area contributed by atoms with Crippen molar-refractivity contribution >= 4 is 30.0 Å². The van der Waals surface area contributed by atoms with Gasteiger partial charge in [0.15, 0.2) is 0 Å². The van der Waals surface area contributed by atoms with Crippen molar-refractivity contribution in [3.05, 3.63) is 35.9 Å². The van der Waals surface area contributed by atoms with E-state index >= 15 is 0 Å². The molecule has 0 saturated carbocycles. The lowest BCUT2D eigenvalue weighted by molar-refractivity contribution is -0.139. The molecule has 158 valence electrons. The first-order chi connectivity index (χ1) is 13.5. The van der Waals surface area contributed by atoms with Crippen LogP contribution >= 0.6 is 0 Å². The quantitative estimate of drug-likeness (QED) is 0.441. The van der Waals surface area contributed by atoms with E-state index in [1.165, 1.54) is 6.92 Å². The van der Waals surface area contributed by atoms with E-state index in [0.29, 0.717) is 11.8 Å². The number of carboxylic acids is 1. The Balaban J connectivity index is 2.82. The molecule has 0 aliphatic rings. The standard InChI is InChI=1S/C20H27N3O6/c1-12(17(27)22-14(11-24)10-15(25)26)21-19(29)16(20(2,3)4)23-18(28)13-8-6-5-7-9-13/h5-9,11-12,14,16H,10H2,1-4H3,(H,21,29)(H,22,27)(H,23,28)(H,25,26)/t12-,14-,16+/m0/s1. The van der Waals surface area contributed by atoms with Crippen molar-refractivity contribution in [2.75, 3.05) is 0 Å². The molecule has 0 radical (unpaired) electrons. The van der Waals surface area contributed by atoms with Gasteiger partial charge in [0.2, 0.25) is 11.8 Å². The average Bonchev–Trinajstić information content (AvgIpc) is 2.64. The molecule has 0 spiro atoms. The molecule has 4 N–H and O–H groups in total. The first kappa shape index (κ1) is 23.8. The zero-order valence-electron chi connectivity index (χ0n) is 16.9. The lowest BCUT2D eigenvalue weighted by atomic mass is 9.85. The molecule has 0 heterocycles. The minimum atomic E-state index is -1.24. The second-order valence-corrected chi connectivity index (χ2v) is 7.72.